The summed E-state index contributed by atoms with van der Waals surface area (Å²) in [7, 11) is 0. The first-order chi connectivity index (χ1) is 10.7. The maximum absolute atomic E-state index is 13.5. The van der Waals surface area contributed by atoms with E-state index in [0.29, 0.717) is 46.1 Å². The summed E-state index contributed by atoms with van der Waals surface area (Å²) in [5.41, 5.74) is 0.936. The summed E-state index contributed by atoms with van der Waals surface area (Å²) in [6.45, 7) is 0. The van der Waals surface area contributed by atoms with Crippen LogP contribution in [0.5, 0.6) is 0 Å². The maximum atomic E-state index is 13.5. The van der Waals surface area contributed by atoms with Gasteiger partial charge in [-0.25, -0.2) is 0 Å². The van der Waals surface area contributed by atoms with Gasteiger partial charge in [-0.15, -0.1) is 0 Å². The molecule has 22 heavy (non-hydrogen) atoms. The summed E-state index contributed by atoms with van der Waals surface area (Å²) < 4.78 is 0. The van der Waals surface area contributed by atoms with Crippen molar-refractivity contribution in [2.75, 3.05) is 0 Å². The van der Waals surface area contributed by atoms with Crippen LogP contribution in [0.4, 0.5) is 0 Å². The SMILES string of the molecule is O=C1[C@@H]2[C@H](C(=O)[C@H]3[C@@H]1[C@H]1CC[C@@H]3C13CC3)[C@@H]1CC[C@H]2C12CC2. The number of carbonyl (C=O) groups is 2. The van der Waals surface area contributed by atoms with Crippen LogP contribution >= 0.6 is 0 Å². The molecule has 0 saturated heterocycles. The summed E-state index contributed by atoms with van der Waals surface area (Å²) in [5.74, 6) is 4.29. The number of rotatable bonds is 0. The summed E-state index contributed by atoms with van der Waals surface area (Å²) in [6.07, 6.45) is 10.3. The zero-order chi connectivity index (χ0) is 14.4. The molecular formula is C20H24O2. The lowest BCUT2D eigenvalue weighted by atomic mass is 9.58. The summed E-state index contributed by atoms with van der Waals surface area (Å²) in [5, 5.41) is 0. The summed E-state index contributed by atoms with van der Waals surface area (Å²) in [6, 6.07) is 0. The molecule has 0 amide bonds. The van der Waals surface area contributed by atoms with E-state index in [4.69, 9.17) is 0 Å². The minimum absolute atomic E-state index is 0.171. The standard InChI is InChI=1S/C20H24O2/c21-17-13-9-1-2-10(19(9)5-6-19)14(13)18(22)16-12-4-3-11(15(16)17)20(12)7-8-20/h9-16H,1-8H2/t9-,10+,11-,12+,13+,14-,15+,16-. The maximum Gasteiger partial charge on any atom is 0.141 e. The van der Waals surface area contributed by atoms with Gasteiger partial charge in [0.1, 0.15) is 11.6 Å². The predicted octanol–water partition coefficient (Wildman–Crippen LogP) is 3.24. The third-order valence-corrected chi connectivity index (χ3v) is 10.0. The molecule has 0 heterocycles. The van der Waals surface area contributed by atoms with E-state index in [1.807, 2.05) is 0 Å². The van der Waals surface area contributed by atoms with Crippen molar-refractivity contribution in [2.24, 2.45) is 58.2 Å². The van der Waals surface area contributed by atoms with Crippen molar-refractivity contribution < 1.29 is 9.59 Å². The Kier molecular flexibility index (Phi) is 1.68. The average molecular weight is 296 g/mol. The molecule has 0 aromatic carbocycles. The largest absolute Gasteiger partial charge is 0.299 e. The van der Waals surface area contributed by atoms with E-state index >= 15 is 0 Å². The Hall–Kier alpha value is -0.660. The number of carbonyl (C=O) groups excluding carboxylic acids is 2. The topological polar surface area (TPSA) is 34.1 Å². The first-order valence-electron chi connectivity index (χ1n) is 9.76. The van der Waals surface area contributed by atoms with Crippen molar-refractivity contribution in [3.8, 4) is 0 Å². The molecule has 7 aliphatic carbocycles. The van der Waals surface area contributed by atoms with E-state index in [1.165, 1.54) is 51.4 Å². The van der Waals surface area contributed by atoms with Crippen molar-refractivity contribution >= 4 is 11.6 Å². The second-order valence-electron chi connectivity index (χ2n) is 9.95. The van der Waals surface area contributed by atoms with Gasteiger partial charge in [-0.2, -0.15) is 0 Å². The quantitative estimate of drug-likeness (QED) is 0.687. The lowest BCUT2D eigenvalue weighted by molar-refractivity contribution is -0.152. The van der Waals surface area contributed by atoms with Crippen molar-refractivity contribution in [1.82, 2.24) is 0 Å². The first-order valence-corrected chi connectivity index (χ1v) is 9.76. The van der Waals surface area contributed by atoms with E-state index in [-0.39, 0.29) is 23.7 Å². The fraction of sp³-hybridized carbons (Fsp3) is 0.900. The molecule has 0 aliphatic heterocycles. The van der Waals surface area contributed by atoms with E-state index < -0.39 is 0 Å². The van der Waals surface area contributed by atoms with Crippen molar-refractivity contribution in [2.45, 2.75) is 51.4 Å². The van der Waals surface area contributed by atoms with Crippen LogP contribution in [0.1, 0.15) is 51.4 Å². The monoisotopic (exact) mass is 296 g/mol. The van der Waals surface area contributed by atoms with Crippen LogP contribution in [0.2, 0.25) is 0 Å². The lowest BCUT2D eigenvalue weighted by Gasteiger charge is -2.42. The number of hydrogen-bond donors (Lipinski definition) is 0. The highest BCUT2D eigenvalue weighted by molar-refractivity contribution is 6.02. The predicted molar refractivity (Wildman–Crippen MR) is 79.7 cm³/mol. The van der Waals surface area contributed by atoms with Gasteiger partial charge in [0, 0.05) is 23.7 Å². The Morgan fingerprint density at radius 2 is 0.818 bits per heavy atom. The molecule has 0 N–H and O–H groups in total. The highest BCUT2D eigenvalue weighted by Gasteiger charge is 2.79. The molecule has 7 saturated carbocycles. The van der Waals surface area contributed by atoms with Crippen LogP contribution in [0.3, 0.4) is 0 Å². The van der Waals surface area contributed by atoms with Crippen LogP contribution in [-0.2, 0) is 9.59 Å². The normalized spacial score (nSPS) is 60.2. The molecule has 4 bridgehead atoms. The number of Topliss-reactive ketones (excluding diaryl/α,β-unsaturated/α-hetero) is 2. The van der Waals surface area contributed by atoms with Crippen molar-refractivity contribution in [3.05, 3.63) is 0 Å². The molecule has 0 aromatic rings. The number of fused-ring (bicyclic) bond motifs is 6. The van der Waals surface area contributed by atoms with Crippen LogP contribution in [0.15, 0.2) is 0 Å². The van der Waals surface area contributed by atoms with Gasteiger partial charge in [0.2, 0.25) is 0 Å². The van der Waals surface area contributed by atoms with Gasteiger partial charge in [-0.05, 0) is 85.9 Å². The minimum atomic E-state index is 0.171. The fourth-order valence-corrected chi connectivity index (χ4v) is 9.29. The highest BCUT2D eigenvalue weighted by Crippen LogP contribution is 2.80. The van der Waals surface area contributed by atoms with Crippen LogP contribution in [0.25, 0.3) is 0 Å². The Morgan fingerprint density at radius 3 is 1.05 bits per heavy atom. The van der Waals surface area contributed by atoms with Gasteiger partial charge in [0.05, 0.1) is 0 Å². The Labute approximate surface area is 131 Å². The van der Waals surface area contributed by atoms with E-state index in [2.05, 4.69) is 0 Å². The minimum Gasteiger partial charge on any atom is -0.299 e. The van der Waals surface area contributed by atoms with Gasteiger partial charge >= 0.3 is 0 Å². The van der Waals surface area contributed by atoms with Gasteiger partial charge in [-0.3, -0.25) is 9.59 Å². The molecule has 7 rings (SSSR count). The molecule has 8 atom stereocenters. The zero-order valence-electron chi connectivity index (χ0n) is 13.1. The van der Waals surface area contributed by atoms with Crippen LogP contribution < -0.4 is 0 Å². The Morgan fingerprint density at radius 1 is 0.545 bits per heavy atom. The number of ketones is 2. The zero-order valence-corrected chi connectivity index (χ0v) is 13.1. The lowest BCUT2D eigenvalue weighted by Crippen LogP contribution is -2.51. The van der Waals surface area contributed by atoms with Gasteiger partial charge in [0.15, 0.2) is 0 Å². The molecular weight excluding hydrogens is 272 g/mol. The molecule has 2 heteroatoms. The smallest absolute Gasteiger partial charge is 0.141 e. The highest BCUT2D eigenvalue weighted by atomic mass is 16.1. The second-order valence-corrected chi connectivity index (χ2v) is 9.95. The second kappa shape index (κ2) is 3.13. The molecule has 0 unspecified atom stereocenters. The molecule has 2 spiro atoms. The average Bonchev–Trinajstić information content (AvgIpc) is 3.37. The van der Waals surface area contributed by atoms with E-state index in [9.17, 15) is 9.59 Å². The van der Waals surface area contributed by atoms with E-state index in [0.717, 1.165) is 0 Å². The molecule has 2 nitrogen and oxygen atoms in total. The fourth-order valence-electron chi connectivity index (χ4n) is 9.29. The molecule has 116 valence electrons. The third kappa shape index (κ3) is 0.937. The van der Waals surface area contributed by atoms with Crippen molar-refractivity contribution in [3.63, 3.8) is 0 Å². The summed E-state index contributed by atoms with van der Waals surface area (Å²) >= 11 is 0. The van der Waals surface area contributed by atoms with Gasteiger partial charge < -0.3 is 0 Å². The molecule has 7 aliphatic rings. The summed E-state index contributed by atoms with van der Waals surface area (Å²) in [4.78, 5) is 27.0. The third-order valence-electron chi connectivity index (χ3n) is 10.0. The van der Waals surface area contributed by atoms with E-state index in [1.54, 1.807) is 0 Å². The number of hydrogen-bond acceptors (Lipinski definition) is 2. The molecule has 7 fully saturated rings. The van der Waals surface area contributed by atoms with Gasteiger partial charge in [0.25, 0.3) is 0 Å². The Balaban J connectivity index is 1.39. The van der Waals surface area contributed by atoms with Crippen LogP contribution in [-0.4, -0.2) is 11.6 Å². The molecule has 0 aromatic heterocycles. The Bertz CT molecular complexity index is 540. The van der Waals surface area contributed by atoms with Crippen molar-refractivity contribution in [1.29, 1.82) is 0 Å². The van der Waals surface area contributed by atoms with Crippen LogP contribution in [0, 0.1) is 58.2 Å². The molecule has 0 radical (unpaired) electrons. The van der Waals surface area contributed by atoms with Gasteiger partial charge in [-0.1, -0.05) is 0 Å². The first kappa shape index (κ1) is 11.8.